The van der Waals surface area contributed by atoms with Crippen LogP contribution >= 0.6 is 0 Å². The molecule has 3 rings (SSSR count). The molecule has 270 valence electrons. The number of aromatic nitrogens is 1. The van der Waals surface area contributed by atoms with Crippen molar-refractivity contribution in [3.05, 3.63) is 46.7 Å². The van der Waals surface area contributed by atoms with Crippen molar-refractivity contribution in [2.45, 2.75) is 174 Å². The average Bonchev–Trinajstić information content (AvgIpc) is 3.05. The van der Waals surface area contributed by atoms with Crippen molar-refractivity contribution >= 4 is 12.2 Å². The number of nitrogens with one attached hydrogen (secondary N) is 1. The summed E-state index contributed by atoms with van der Waals surface area (Å²) < 4.78 is 16.6. The van der Waals surface area contributed by atoms with Gasteiger partial charge in [0.15, 0.2) is 0 Å². The van der Waals surface area contributed by atoms with Gasteiger partial charge in [-0.25, -0.2) is 14.6 Å². The van der Waals surface area contributed by atoms with Crippen LogP contribution in [-0.2, 0) is 21.4 Å². The fourth-order valence-electron chi connectivity index (χ4n) is 7.51. The Morgan fingerprint density at radius 3 is 1.85 bits per heavy atom. The summed E-state index contributed by atoms with van der Waals surface area (Å²) in [4.78, 5) is 30.4. The van der Waals surface area contributed by atoms with Crippen molar-refractivity contribution in [1.29, 1.82) is 0 Å². The number of nitrogens with zero attached hydrogens (tertiary/aromatic N) is 1. The van der Waals surface area contributed by atoms with Crippen molar-refractivity contribution in [3.8, 4) is 5.88 Å². The van der Waals surface area contributed by atoms with E-state index in [4.69, 9.17) is 19.2 Å². The third-order valence-corrected chi connectivity index (χ3v) is 10.0. The van der Waals surface area contributed by atoms with Crippen molar-refractivity contribution in [3.63, 3.8) is 0 Å². The van der Waals surface area contributed by atoms with E-state index >= 15 is 0 Å². The van der Waals surface area contributed by atoms with Gasteiger partial charge >= 0.3 is 12.2 Å². The number of unbranched alkanes of at least 4 members (excludes halogenated alkanes) is 18. The molecular formula is C41H66N2O5. The normalized spacial score (nSPS) is 19.0. The van der Waals surface area contributed by atoms with Gasteiger partial charge in [-0.05, 0) is 44.7 Å². The third kappa shape index (κ3) is 13.2. The summed E-state index contributed by atoms with van der Waals surface area (Å²) in [7, 11) is 0. The molecule has 48 heavy (non-hydrogen) atoms. The highest BCUT2D eigenvalue weighted by molar-refractivity contribution is 5.71. The molecule has 0 spiro atoms. The number of hydrogen-bond acceptors (Lipinski definition) is 6. The van der Waals surface area contributed by atoms with Crippen molar-refractivity contribution in [1.82, 2.24) is 10.3 Å². The van der Waals surface area contributed by atoms with Gasteiger partial charge in [0.25, 0.3) is 0 Å². The number of carbonyl (C=O) groups is 2. The number of amides is 1. The molecule has 2 unspecified atom stereocenters. The summed E-state index contributed by atoms with van der Waals surface area (Å²) in [6.45, 7) is 9.42. The van der Waals surface area contributed by atoms with E-state index in [1.54, 1.807) is 6.07 Å². The van der Waals surface area contributed by atoms with Gasteiger partial charge in [-0.15, -0.1) is 0 Å². The molecule has 1 aromatic heterocycles. The van der Waals surface area contributed by atoms with Gasteiger partial charge < -0.3 is 19.5 Å². The number of carbonyl (C=O) groups excluding carboxylic acids is 2. The van der Waals surface area contributed by atoms with E-state index in [9.17, 15) is 9.59 Å². The number of rotatable bonds is 24. The lowest BCUT2D eigenvalue weighted by molar-refractivity contribution is 0.0956. The van der Waals surface area contributed by atoms with E-state index < -0.39 is 17.8 Å². The second-order valence-corrected chi connectivity index (χ2v) is 14.1. The molecule has 2 atom stereocenters. The molecule has 0 fully saturated rings. The zero-order chi connectivity index (χ0) is 34.5. The van der Waals surface area contributed by atoms with Crippen LogP contribution in [0.15, 0.2) is 35.4 Å². The quantitative estimate of drug-likeness (QED) is 0.0671. The summed E-state index contributed by atoms with van der Waals surface area (Å²) in [5, 5.41) is 3.27. The Hall–Kier alpha value is -2.83. The highest BCUT2D eigenvalue weighted by Gasteiger charge is 2.48. The molecule has 2 bridgehead atoms. The lowest BCUT2D eigenvalue weighted by atomic mass is 9.63. The SMILES string of the molecule is CC=C1C2C=C(C)CC1(NC(=O)OCCCCCCCCCCCC)c1ccc(OC(=O)OCCCCCCCCCCCC)nc1C2. The zero-order valence-corrected chi connectivity index (χ0v) is 30.8. The predicted octanol–water partition coefficient (Wildman–Crippen LogP) is 11.8. The van der Waals surface area contributed by atoms with Gasteiger partial charge in [0.2, 0.25) is 5.88 Å². The van der Waals surface area contributed by atoms with Gasteiger partial charge in [0, 0.05) is 24.0 Å². The van der Waals surface area contributed by atoms with Gasteiger partial charge in [-0.3, -0.25) is 0 Å². The second kappa shape index (κ2) is 22.7. The fourth-order valence-corrected chi connectivity index (χ4v) is 7.51. The molecule has 1 heterocycles. The molecule has 0 aliphatic heterocycles. The Balaban J connectivity index is 1.46. The van der Waals surface area contributed by atoms with Crippen molar-refractivity contribution in [2.24, 2.45) is 5.92 Å². The van der Waals surface area contributed by atoms with E-state index in [0.29, 0.717) is 26.1 Å². The zero-order valence-electron chi connectivity index (χ0n) is 30.8. The minimum atomic E-state index is -0.734. The Kier molecular flexibility index (Phi) is 18.8. The first-order chi connectivity index (χ1) is 23.4. The van der Waals surface area contributed by atoms with Crippen LogP contribution in [0.25, 0.3) is 0 Å². The second-order valence-electron chi connectivity index (χ2n) is 14.1. The van der Waals surface area contributed by atoms with Crippen LogP contribution < -0.4 is 10.1 Å². The van der Waals surface area contributed by atoms with E-state index in [0.717, 1.165) is 42.5 Å². The number of fused-ring (bicyclic) bond motifs is 4. The number of ether oxygens (including phenoxy) is 3. The van der Waals surface area contributed by atoms with Crippen LogP contribution in [0.1, 0.15) is 174 Å². The largest absolute Gasteiger partial charge is 0.515 e. The lowest BCUT2D eigenvalue weighted by Crippen LogP contribution is -2.53. The van der Waals surface area contributed by atoms with E-state index in [2.05, 4.69) is 38.2 Å². The lowest BCUT2D eigenvalue weighted by Gasteiger charge is -2.47. The molecule has 7 nitrogen and oxygen atoms in total. The first-order valence-electron chi connectivity index (χ1n) is 19.6. The highest BCUT2D eigenvalue weighted by atomic mass is 16.7. The van der Waals surface area contributed by atoms with Crippen LogP contribution in [0, 0.1) is 5.92 Å². The monoisotopic (exact) mass is 666 g/mol. The van der Waals surface area contributed by atoms with E-state index in [-0.39, 0.29) is 11.8 Å². The van der Waals surface area contributed by atoms with Crippen LogP contribution in [0.4, 0.5) is 9.59 Å². The molecule has 0 saturated carbocycles. The summed E-state index contributed by atoms with van der Waals surface area (Å²) in [5.74, 6) is 0.327. The van der Waals surface area contributed by atoms with E-state index in [1.165, 1.54) is 108 Å². The Morgan fingerprint density at radius 1 is 0.792 bits per heavy atom. The van der Waals surface area contributed by atoms with Crippen molar-refractivity contribution < 1.29 is 23.8 Å². The number of alkyl carbamates (subject to hydrolysis) is 1. The average molecular weight is 667 g/mol. The minimum Gasteiger partial charge on any atom is -0.450 e. The molecule has 7 heteroatoms. The molecule has 2 aliphatic rings. The summed E-state index contributed by atoms with van der Waals surface area (Å²) >= 11 is 0. The summed E-state index contributed by atoms with van der Waals surface area (Å²) in [5.41, 5.74) is 3.40. The first-order valence-corrected chi connectivity index (χ1v) is 19.6. The topological polar surface area (TPSA) is 86.8 Å². The molecular weight excluding hydrogens is 600 g/mol. The van der Waals surface area contributed by atoms with Gasteiger partial charge in [0.1, 0.15) is 0 Å². The summed E-state index contributed by atoms with van der Waals surface area (Å²) in [6, 6.07) is 3.65. The van der Waals surface area contributed by atoms with Crippen LogP contribution in [0.5, 0.6) is 5.88 Å². The van der Waals surface area contributed by atoms with Crippen LogP contribution in [0.2, 0.25) is 0 Å². The maximum Gasteiger partial charge on any atom is 0.515 e. The predicted molar refractivity (Wildman–Crippen MR) is 195 cm³/mol. The third-order valence-electron chi connectivity index (χ3n) is 10.0. The molecule has 0 saturated heterocycles. The highest BCUT2D eigenvalue weighted by Crippen LogP contribution is 2.50. The smallest absolute Gasteiger partial charge is 0.450 e. The maximum absolute atomic E-state index is 13.2. The number of allylic oxidation sites excluding steroid dienone is 2. The molecule has 1 aromatic rings. The van der Waals surface area contributed by atoms with Crippen LogP contribution in [0.3, 0.4) is 0 Å². The molecule has 1 amide bonds. The standard InChI is InChI=1S/C41H66N2O5/c1-5-8-10-12-14-16-18-20-22-24-28-46-39(44)43-41-32-33(4)30-34(35(41)7-3)31-37-36(41)26-27-38(42-37)48-40(45)47-29-25-23-21-19-17-15-13-11-9-6-2/h7,26-27,30,34H,5-6,8-25,28-29,31-32H2,1-4H3,(H,43,44). The number of hydrogen-bond donors (Lipinski definition) is 1. The van der Waals surface area contributed by atoms with Crippen LogP contribution in [-0.4, -0.2) is 30.4 Å². The van der Waals surface area contributed by atoms with Gasteiger partial charge in [-0.1, -0.05) is 147 Å². The Bertz CT molecular complexity index is 1160. The number of pyridine rings is 1. The molecule has 2 aliphatic carbocycles. The van der Waals surface area contributed by atoms with Gasteiger partial charge in [0.05, 0.1) is 24.4 Å². The Morgan fingerprint density at radius 2 is 1.31 bits per heavy atom. The minimum absolute atomic E-state index is 0.101. The Labute approximate surface area is 292 Å². The molecule has 1 N–H and O–H groups in total. The van der Waals surface area contributed by atoms with Crippen molar-refractivity contribution in [2.75, 3.05) is 13.2 Å². The first kappa shape index (κ1) is 39.6. The van der Waals surface area contributed by atoms with E-state index in [1.807, 2.05) is 13.0 Å². The molecule has 0 aromatic carbocycles. The van der Waals surface area contributed by atoms with Gasteiger partial charge in [-0.2, -0.15) is 0 Å². The maximum atomic E-state index is 13.2. The summed E-state index contributed by atoms with van der Waals surface area (Å²) in [6.07, 6.45) is 29.2. The fraction of sp³-hybridized carbons (Fsp3) is 0.732. The molecule has 0 radical (unpaired) electrons.